The highest BCUT2D eigenvalue weighted by Gasteiger charge is 2.24. The van der Waals surface area contributed by atoms with E-state index in [9.17, 15) is 4.79 Å². The molecule has 0 spiro atoms. The number of benzene rings is 2. The first-order valence-corrected chi connectivity index (χ1v) is 7.35. The molecule has 0 N–H and O–H groups in total. The first-order valence-electron chi connectivity index (χ1n) is 6.97. The summed E-state index contributed by atoms with van der Waals surface area (Å²) < 4.78 is 4.88. The molecule has 0 saturated carbocycles. The molecule has 0 aliphatic heterocycles. The van der Waals surface area contributed by atoms with Crippen LogP contribution in [-0.4, -0.2) is 23.3 Å². The van der Waals surface area contributed by atoms with Crippen molar-refractivity contribution in [3.8, 4) is 22.4 Å². The van der Waals surface area contributed by atoms with Gasteiger partial charge >= 0.3 is 5.97 Å². The van der Waals surface area contributed by atoms with Gasteiger partial charge in [0.25, 0.3) is 0 Å². The molecule has 0 bridgehead atoms. The molecule has 1 aromatic heterocycles. The predicted molar refractivity (Wildman–Crippen MR) is 89.3 cm³/mol. The average Bonchev–Trinajstić information content (AvgIpc) is 2.62. The van der Waals surface area contributed by atoms with Crippen molar-refractivity contribution in [3.05, 3.63) is 71.4 Å². The van der Waals surface area contributed by atoms with Gasteiger partial charge in [0.05, 0.1) is 7.11 Å². The first-order chi connectivity index (χ1) is 11.2. The summed E-state index contributed by atoms with van der Waals surface area (Å²) in [7, 11) is 1.32. The number of ether oxygens (including phenoxy) is 1. The Morgan fingerprint density at radius 1 is 0.913 bits per heavy atom. The van der Waals surface area contributed by atoms with Crippen molar-refractivity contribution in [2.24, 2.45) is 0 Å². The Morgan fingerprint density at radius 3 is 2.04 bits per heavy atom. The van der Waals surface area contributed by atoms with Gasteiger partial charge in [0.2, 0.25) is 0 Å². The molecule has 0 aliphatic rings. The Labute approximate surface area is 138 Å². The Kier molecular flexibility index (Phi) is 4.35. The molecule has 2 aromatic carbocycles. The fourth-order valence-corrected chi connectivity index (χ4v) is 2.60. The van der Waals surface area contributed by atoms with E-state index in [4.69, 9.17) is 16.3 Å². The highest BCUT2D eigenvalue weighted by atomic mass is 35.5. The van der Waals surface area contributed by atoms with Crippen LogP contribution < -0.4 is 0 Å². The van der Waals surface area contributed by atoms with Gasteiger partial charge in [0.15, 0.2) is 5.15 Å². The molecule has 0 radical (unpaired) electrons. The molecule has 0 fully saturated rings. The van der Waals surface area contributed by atoms with E-state index in [-0.39, 0.29) is 10.7 Å². The maximum Gasteiger partial charge on any atom is 0.341 e. The Balaban J connectivity index is 2.35. The Morgan fingerprint density at radius 2 is 1.48 bits per heavy atom. The van der Waals surface area contributed by atoms with E-state index < -0.39 is 5.97 Å². The van der Waals surface area contributed by atoms with E-state index >= 15 is 0 Å². The van der Waals surface area contributed by atoms with Gasteiger partial charge in [0.1, 0.15) is 11.3 Å². The van der Waals surface area contributed by atoms with E-state index in [0.29, 0.717) is 11.3 Å². The van der Waals surface area contributed by atoms with Crippen molar-refractivity contribution in [1.82, 2.24) is 10.2 Å². The van der Waals surface area contributed by atoms with E-state index in [1.54, 1.807) is 0 Å². The minimum Gasteiger partial charge on any atom is -0.465 e. The number of hydrogen-bond acceptors (Lipinski definition) is 4. The smallest absolute Gasteiger partial charge is 0.341 e. The average molecular weight is 325 g/mol. The number of carbonyl (C=O) groups is 1. The van der Waals surface area contributed by atoms with Gasteiger partial charge in [-0.2, -0.15) is 0 Å². The van der Waals surface area contributed by atoms with Crippen molar-refractivity contribution < 1.29 is 9.53 Å². The third kappa shape index (κ3) is 2.94. The van der Waals surface area contributed by atoms with Gasteiger partial charge in [-0.3, -0.25) is 0 Å². The topological polar surface area (TPSA) is 52.1 Å². The quantitative estimate of drug-likeness (QED) is 0.676. The van der Waals surface area contributed by atoms with E-state index in [2.05, 4.69) is 10.2 Å². The van der Waals surface area contributed by atoms with Gasteiger partial charge in [-0.1, -0.05) is 72.3 Å². The van der Waals surface area contributed by atoms with E-state index in [0.717, 1.165) is 11.1 Å². The molecule has 5 heteroatoms. The van der Waals surface area contributed by atoms with Crippen molar-refractivity contribution >= 4 is 17.6 Å². The van der Waals surface area contributed by atoms with Gasteiger partial charge < -0.3 is 4.74 Å². The molecule has 3 rings (SSSR count). The molecule has 0 atom stereocenters. The van der Waals surface area contributed by atoms with Crippen LogP contribution in [-0.2, 0) is 4.74 Å². The second-order valence-electron chi connectivity index (χ2n) is 4.81. The molecule has 0 amide bonds. The number of halogens is 1. The van der Waals surface area contributed by atoms with Gasteiger partial charge in [0, 0.05) is 11.1 Å². The van der Waals surface area contributed by atoms with Gasteiger partial charge in [-0.15, -0.1) is 10.2 Å². The number of nitrogens with zero attached hydrogens (tertiary/aromatic N) is 2. The highest BCUT2D eigenvalue weighted by Crippen LogP contribution is 2.35. The summed E-state index contributed by atoms with van der Waals surface area (Å²) in [4.78, 5) is 12.2. The van der Waals surface area contributed by atoms with Crippen LogP contribution in [0.5, 0.6) is 0 Å². The van der Waals surface area contributed by atoms with Crippen molar-refractivity contribution in [3.63, 3.8) is 0 Å². The second kappa shape index (κ2) is 6.58. The lowest BCUT2D eigenvalue weighted by molar-refractivity contribution is 0.0601. The predicted octanol–water partition coefficient (Wildman–Crippen LogP) is 4.25. The third-order valence-corrected chi connectivity index (χ3v) is 3.69. The zero-order valence-corrected chi connectivity index (χ0v) is 13.1. The minimum atomic E-state index is -0.541. The number of carbonyl (C=O) groups excluding carboxylic acids is 1. The third-order valence-electron chi connectivity index (χ3n) is 3.43. The van der Waals surface area contributed by atoms with Crippen molar-refractivity contribution in [2.75, 3.05) is 7.11 Å². The Bertz CT molecular complexity index is 836. The Hall–Kier alpha value is -2.72. The first kappa shape index (κ1) is 15.2. The normalized spacial score (nSPS) is 10.3. The molecule has 23 heavy (non-hydrogen) atoms. The molecular formula is C18H13ClN2O2. The number of methoxy groups -OCH3 is 1. The SMILES string of the molecule is COC(=O)c1c(Cl)nnc(-c2ccccc2)c1-c1ccccc1. The number of hydrogen-bond donors (Lipinski definition) is 0. The standard InChI is InChI=1S/C18H13ClN2O2/c1-23-18(22)15-14(12-8-4-2-5-9-12)16(20-21-17(15)19)13-10-6-3-7-11-13/h2-11H,1H3. The van der Waals surface area contributed by atoms with E-state index in [1.165, 1.54) is 7.11 Å². The zero-order valence-electron chi connectivity index (χ0n) is 12.4. The lowest BCUT2D eigenvalue weighted by Crippen LogP contribution is -2.09. The molecule has 1 heterocycles. The monoisotopic (exact) mass is 324 g/mol. The summed E-state index contributed by atoms with van der Waals surface area (Å²) in [6.45, 7) is 0. The van der Waals surface area contributed by atoms with Crippen LogP contribution >= 0.6 is 11.6 Å². The number of rotatable bonds is 3. The minimum absolute atomic E-state index is 0.0235. The van der Waals surface area contributed by atoms with Crippen molar-refractivity contribution in [1.29, 1.82) is 0 Å². The fraction of sp³-hybridized carbons (Fsp3) is 0.0556. The molecular weight excluding hydrogens is 312 g/mol. The van der Waals surface area contributed by atoms with Crippen LogP contribution in [0.4, 0.5) is 0 Å². The molecule has 3 aromatic rings. The van der Waals surface area contributed by atoms with Crippen LogP contribution in [0.1, 0.15) is 10.4 Å². The summed E-state index contributed by atoms with van der Waals surface area (Å²) in [5.41, 5.74) is 3.09. The number of esters is 1. The van der Waals surface area contributed by atoms with Crippen molar-refractivity contribution in [2.45, 2.75) is 0 Å². The maximum absolute atomic E-state index is 12.2. The summed E-state index contributed by atoms with van der Waals surface area (Å²) in [5, 5.41) is 8.16. The number of aromatic nitrogens is 2. The molecule has 0 aliphatic carbocycles. The second-order valence-corrected chi connectivity index (χ2v) is 5.17. The highest BCUT2D eigenvalue weighted by molar-refractivity contribution is 6.33. The lowest BCUT2D eigenvalue weighted by atomic mass is 9.96. The molecule has 0 unspecified atom stereocenters. The van der Waals surface area contributed by atoms with Crippen LogP contribution in [0.2, 0.25) is 5.15 Å². The maximum atomic E-state index is 12.2. The molecule has 0 saturated heterocycles. The summed E-state index contributed by atoms with van der Waals surface area (Å²) in [6.07, 6.45) is 0. The van der Waals surface area contributed by atoms with Crippen LogP contribution in [0.25, 0.3) is 22.4 Å². The lowest BCUT2D eigenvalue weighted by Gasteiger charge is -2.13. The molecule has 4 nitrogen and oxygen atoms in total. The summed E-state index contributed by atoms with van der Waals surface area (Å²) in [5.74, 6) is -0.541. The fourth-order valence-electron chi connectivity index (χ4n) is 2.39. The largest absolute Gasteiger partial charge is 0.465 e. The summed E-state index contributed by atoms with van der Waals surface area (Å²) in [6, 6.07) is 19.0. The molecule has 114 valence electrons. The zero-order chi connectivity index (χ0) is 16.2. The summed E-state index contributed by atoms with van der Waals surface area (Å²) >= 11 is 6.14. The van der Waals surface area contributed by atoms with Crippen LogP contribution in [0, 0.1) is 0 Å². The van der Waals surface area contributed by atoms with E-state index in [1.807, 2.05) is 60.7 Å². The van der Waals surface area contributed by atoms with Crippen LogP contribution in [0.15, 0.2) is 60.7 Å². The van der Waals surface area contributed by atoms with Gasteiger partial charge in [-0.25, -0.2) is 4.79 Å². The van der Waals surface area contributed by atoms with Crippen LogP contribution in [0.3, 0.4) is 0 Å². The van der Waals surface area contributed by atoms with Gasteiger partial charge in [-0.05, 0) is 5.56 Å².